The lowest BCUT2D eigenvalue weighted by atomic mass is 10.1. The molecule has 2 aromatic rings. The number of anilines is 1. The van der Waals surface area contributed by atoms with Crippen LogP contribution in [0.15, 0.2) is 52.5 Å². The Bertz CT molecular complexity index is 744. The van der Waals surface area contributed by atoms with Crippen molar-refractivity contribution in [2.75, 3.05) is 11.2 Å². The SMILES string of the molecule is O=C(O)c1ccc(NN=C2CCSc3c(F)cccc32)cc1. The Morgan fingerprint density at radius 2 is 2.00 bits per heavy atom. The second kappa shape index (κ2) is 6.19. The zero-order chi connectivity index (χ0) is 15.5. The molecule has 0 saturated carbocycles. The van der Waals surface area contributed by atoms with Gasteiger partial charge in [0.05, 0.1) is 21.9 Å². The number of nitrogens with zero attached hydrogens (tertiary/aromatic N) is 1. The molecule has 1 aliphatic rings. The highest BCUT2D eigenvalue weighted by atomic mass is 32.2. The van der Waals surface area contributed by atoms with Crippen LogP contribution in [0, 0.1) is 5.82 Å². The largest absolute Gasteiger partial charge is 0.478 e. The summed E-state index contributed by atoms with van der Waals surface area (Å²) < 4.78 is 13.8. The first-order valence-electron chi connectivity index (χ1n) is 6.73. The number of nitrogens with one attached hydrogen (secondary N) is 1. The number of halogens is 1. The van der Waals surface area contributed by atoms with Crippen molar-refractivity contribution in [1.29, 1.82) is 0 Å². The molecule has 112 valence electrons. The van der Waals surface area contributed by atoms with Crippen molar-refractivity contribution in [2.45, 2.75) is 11.3 Å². The number of carboxylic acids is 1. The second-order valence-corrected chi connectivity index (χ2v) is 5.87. The van der Waals surface area contributed by atoms with Crippen LogP contribution in [0.25, 0.3) is 0 Å². The minimum absolute atomic E-state index is 0.222. The molecule has 0 aliphatic carbocycles. The number of benzene rings is 2. The normalized spacial score (nSPS) is 15.4. The van der Waals surface area contributed by atoms with Crippen molar-refractivity contribution in [1.82, 2.24) is 0 Å². The maximum absolute atomic E-state index is 13.8. The minimum atomic E-state index is -0.966. The van der Waals surface area contributed by atoms with E-state index in [0.717, 1.165) is 23.4 Å². The van der Waals surface area contributed by atoms with Crippen LogP contribution >= 0.6 is 11.8 Å². The van der Waals surface area contributed by atoms with Crippen molar-refractivity contribution in [3.05, 3.63) is 59.4 Å². The molecule has 0 radical (unpaired) electrons. The van der Waals surface area contributed by atoms with Crippen molar-refractivity contribution < 1.29 is 14.3 Å². The van der Waals surface area contributed by atoms with Gasteiger partial charge >= 0.3 is 5.97 Å². The van der Waals surface area contributed by atoms with Crippen molar-refractivity contribution in [3.8, 4) is 0 Å². The fourth-order valence-corrected chi connectivity index (χ4v) is 3.25. The fourth-order valence-electron chi connectivity index (χ4n) is 2.20. The molecule has 0 aromatic heterocycles. The van der Waals surface area contributed by atoms with E-state index >= 15 is 0 Å². The lowest BCUT2D eigenvalue weighted by molar-refractivity contribution is 0.0697. The minimum Gasteiger partial charge on any atom is -0.478 e. The van der Waals surface area contributed by atoms with Crippen molar-refractivity contribution >= 4 is 29.1 Å². The van der Waals surface area contributed by atoms with E-state index in [9.17, 15) is 9.18 Å². The molecule has 6 heteroatoms. The van der Waals surface area contributed by atoms with Crippen LogP contribution in [0.2, 0.25) is 0 Å². The molecular formula is C16H13FN2O2S. The van der Waals surface area contributed by atoms with Gasteiger partial charge in [-0.3, -0.25) is 5.43 Å². The molecule has 4 nitrogen and oxygen atoms in total. The molecule has 0 spiro atoms. The first-order valence-corrected chi connectivity index (χ1v) is 7.71. The predicted molar refractivity (Wildman–Crippen MR) is 85.3 cm³/mol. The molecular weight excluding hydrogens is 303 g/mol. The van der Waals surface area contributed by atoms with E-state index in [1.54, 1.807) is 18.2 Å². The Morgan fingerprint density at radius 1 is 1.23 bits per heavy atom. The van der Waals surface area contributed by atoms with E-state index in [4.69, 9.17) is 5.11 Å². The van der Waals surface area contributed by atoms with Gasteiger partial charge < -0.3 is 5.11 Å². The number of aromatic carboxylic acids is 1. The van der Waals surface area contributed by atoms with E-state index in [1.165, 1.54) is 30.0 Å². The monoisotopic (exact) mass is 316 g/mol. The summed E-state index contributed by atoms with van der Waals surface area (Å²) in [6.45, 7) is 0. The molecule has 0 atom stereocenters. The number of carboxylic acid groups (broad SMARTS) is 1. The topological polar surface area (TPSA) is 61.7 Å². The number of rotatable bonds is 3. The molecule has 0 saturated heterocycles. The van der Waals surface area contributed by atoms with Crippen LogP contribution in [0.3, 0.4) is 0 Å². The summed E-state index contributed by atoms with van der Waals surface area (Å²) >= 11 is 1.50. The summed E-state index contributed by atoms with van der Waals surface area (Å²) in [6.07, 6.45) is 0.751. The fraction of sp³-hybridized carbons (Fsp3) is 0.125. The molecule has 0 bridgehead atoms. The van der Waals surface area contributed by atoms with Crippen LogP contribution in [0.4, 0.5) is 10.1 Å². The molecule has 0 unspecified atom stereocenters. The van der Waals surface area contributed by atoms with E-state index in [2.05, 4.69) is 10.5 Å². The van der Waals surface area contributed by atoms with Gasteiger partial charge in [-0.1, -0.05) is 12.1 Å². The van der Waals surface area contributed by atoms with Gasteiger partial charge in [0.25, 0.3) is 0 Å². The molecule has 0 fully saturated rings. The second-order valence-electron chi connectivity index (χ2n) is 4.77. The van der Waals surface area contributed by atoms with Crippen molar-refractivity contribution in [2.24, 2.45) is 5.10 Å². The predicted octanol–water partition coefficient (Wildman–Crippen LogP) is 3.84. The van der Waals surface area contributed by atoms with Gasteiger partial charge in [-0.2, -0.15) is 5.10 Å². The molecule has 3 rings (SSSR count). The number of hydrogen-bond acceptors (Lipinski definition) is 4. The third kappa shape index (κ3) is 2.96. The average Bonchev–Trinajstić information content (AvgIpc) is 2.54. The Kier molecular flexibility index (Phi) is 4.11. The first-order chi connectivity index (χ1) is 10.6. The summed E-state index contributed by atoms with van der Waals surface area (Å²) in [5, 5.41) is 13.2. The van der Waals surface area contributed by atoms with Gasteiger partial charge in [0.2, 0.25) is 0 Å². The number of thioether (sulfide) groups is 1. The van der Waals surface area contributed by atoms with Crippen LogP contribution in [0.5, 0.6) is 0 Å². The van der Waals surface area contributed by atoms with E-state index < -0.39 is 5.97 Å². The Morgan fingerprint density at radius 3 is 2.73 bits per heavy atom. The molecule has 0 amide bonds. The van der Waals surface area contributed by atoms with E-state index in [1.807, 2.05) is 6.07 Å². The smallest absolute Gasteiger partial charge is 0.335 e. The van der Waals surface area contributed by atoms with Crippen LogP contribution < -0.4 is 5.43 Å². The number of carbonyl (C=O) groups is 1. The highest BCUT2D eigenvalue weighted by molar-refractivity contribution is 7.99. The highest BCUT2D eigenvalue weighted by Gasteiger charge is 2.19. The summed E-state index contributed by atoms with van der Waals surface area (Å²) in [5.41, 5.74) is 5.43. The maximum Gasteiger partial charge on any atom is 0.335 e. The van der Waals surface area contributed by atoms with Gasteiger partial charge in [0.1, 0.15) is 5.82 Å². The molecule has 1 aliphatic heterocycles. The van der Waals surface area contributed by atoms with Crippen LogP contribution in [0.1, 0.15) is 22.3 Å². The number of fused-ring (bicyclic) bond motifs is 1. The van der Waals surface area contributed by atoms with Crippen LogP contribution in [-0.4, -0.2) is 22.5 Å². The highest BCUT2D eigenvalue weighted by Crippen LogP contribution is 2.32. The number of hydrogen-bond donors (Lipinski definition) is 2. The standard InChI is InChI=1S/C16H13FN2O2S/c17-13-3-1-2-12-14(8-9-22-15(12)13)19-18-11-6-4-10(5-7-11)16(20)21/h1-7,18H,8-9H2,(H,20,21). The van der Waals surface area contributed by atoms with E-state index in [-0.39, 0.29) is 11.4 Å². The zero-order valence-corrected chi connectivity index (χ0v) is 12.4. The van der Waals surface area contributed by atoms with Crippen molar-refractivity contribution in [3.63, 3.8) is 0 Å². The van der Waals surface area contributed by atoms with Gasteiger partial charge in [-0.15, -0.1) is 11.8 Å². The van der Waals surface area contributed by atoms with Gasteiger partial charge in [-0.25, -0.2) is 9.18 Å². The Hall–Kier alpha value is -2.34. The van der Waals surface area contributed by atoms with Gasteiger partial charge in [-0.05, 0) is 30.3 Å². The van der Waals surface area contributed by atoms with Crippen LogP contribution in [-0.2, 0) is 0 Å². The number of hydrazone groups is 1. The molecule has 2 aromatic carbocycles. The maximum atomic E-state index is 13.8. The van der Waals surface area contributed by atoms with E-state index in [0.29, 0.717) is 10.6 Å². The third-order valence-electron chi connectivity index (χ3n) is 3.31. The Balaban J connectivity index is 1.82. The quantitative estimate of drug-likeness (QED) is 0.845. The summed E-state index contributed by atoms with van der Waals surface area (Å²) in [7, 11) is 0. The average molecular weight is 316 g/mol. The lowest BCUT2D eigenvalue weighted by Crippen LogP contribution is -2.12. The summed E-state index contributed by atoms with van der Waals surface area (Å²) in [6, 6.07) is 11.3. The lowest BCUT2D eigenvalue weighted by Gasteiger charge is -2.17. The molecule has 2 N–H and O–H groups in total. The third-order valence-corrected chi connectivity index (χ3v) is 4.43. The molecule has 22 heavy (non-hydrogen) atoms. The van der Waals surface area contributed by atoms with Gasteiger partial charge in [0.15, 0.2) is 0 Å². The van der Waals surface area contributed by atoms with Gasteiger partial charge in [0, 0.05) is 17.7 Å². The zero-order valence-electron chi connectivity index (χ0n) is 11.5. The first kappa shape index (κ1) is 14.6. The summed E-state index contributed by atoms with van der Waals surface area (Å²) in [5.74, 6) is -0.404. The summed E-state index contributed by atoms with van der Waals surface area (Å²) in [4.78, 5) is 11.4. The Labute approximate surface area is 131 Å². The molecule has 1 heterocycles.